The van der Waals surface area contributed by atoms with Crippen molar-refractivity contribution in [3.05, 3.63) is 65.7 Å². The highest BCUT2D eigenvalue weighted by Gasteiger charge is 2.06. The summed E-state index contributed by atoms with van der Waals surface area (Å²) in [5.74, 6) is 3.45. The Bertz CT molecular complexity index is 571. The predicted molar refractivity (Wildman–Crippen MR) is 82.2 cm³/mol. The lowest BCUT2D eigenvalue weighted by atomic mass is 10.0. The molecule has 20 heavy (non-hydrogen) atoms. The smallest absolute Gasteiger partial charge is 0.120 e. The van der Waals surface area contributed by atoms with Gasteiger partial charge in [-0.25, -0.2) is 0 Å². The van der Waals surface area contributed by atoms with Gasteiger partial charge < -0.3 is 10.5 Å². The van der Waals surface area contributed by atoms with Crippen molar-refractivity contribution < 1.29 is 4.74 Å². The normalized spacial score (nSPS) is 11.6. The molecule has 2 N–H and O–H groups in total. The largest absolute Gasteiger partial charge is 0.489 e. The maximum Gasteiger partial charge on any atom is 0.120 e. The van der Waals surface area contributed by atoms with Crippen LogP contribution in [0.15, 0.2) is 54.6 Å². The second-order valence-electron chi connectivity index (χ2n) is 4.70. The van der Waals surface area contributed by atoms with Gasteiger partial charge in [0.1, 0.15) is 12.4 Å². The molecule has 0 saturated carbocycles. The van der Waals surface area contributed by atoms with Crippen molar-refractivity contribution in [3.8, 4) is 18.1 Å². The lowest BCUT2D eigenvalue weighted by Crippen LogP contribution is -2.10. The minimum atomic E-state index is -0.0358. The average molecular weight is 265 g/mol. The van der Waals surface area contributed by atoms with Gasteiger partial charge in [0.05, 0.1) is 0 Å². The number of hydrogen-bond donors (Lipinski definition) is 1. The zero-order valence-corrected chi connectivity index (χ0v) is 11.5. The van der Waals surface area contributed by atoms with Gasteiger partial charge in [-0.2, -0.15) is 0 Å². The highest BCUT2D eigenvalue weighted by atomic mass is 16.5. The van der Waals surface area contributed by atoms with Gasteiger partial charge in [-0.15, -0.1) is 12.3 Å². The summed E-state index contributed by atoms with van der Waals surface area (Å²) in [5.41, 5.74) is 8.31. The van der Waals surface area contributed by atoms with Crippen LogP contribution in [0.2, 0.25) is 0 Å². The second-order valence-corrected chi connectivity index (χ2v) is 4.70. The van der Waals surface area contributed by atoms with Gasteiger partial charge in [0.25, 0.3) is 0 Å². The van der Waals surface area contributed by atoms with Gasteiger partial charge in [0.2, 0.25) is 0 Å². The fourth-order valence-corrected chi connectivity index (χ4v) is 1.98. The molecule has 1 unspecified atom stereocenters. The summed E-state index contributed by atoms with van der Waals surface area (Å²) in [7, 11) is 0. The summed E-state index contributed by atoms with van der Waals surface area (Å²) in [5, 5.41) is 0. The molecular weight excluding hydrogens is 246 g/mol. The molecule has 0 amide bonds. The molecule has 2 aromatic rings. The van der Waals surface area contributed by atoms with Gasteiger partial charge in [0, 0.05) is 12.5 Å². The second kappa shape index (κ2) is 7.37. The topological polar surface area (TPSA) is 35.2 Å². The van der Waals surface area contributed by atoms with E-state index >= 15 is 0 Å². The number of ether oxygens (including phenoxy) is 1. The molecule has 102 valence electrons. The molecule has 0 spiro atoms. The first-order valence-electron chi connectivity index (χ1n) is 6.75. The monoisotopic (exact) mass is 265 g/mol. The standard InChI is InChI=1S/C18H19NO/c1-2-3-12-18(19)16-10-7-11-17(13-16)20-14-15-8-5-4-6-9-15/h1,4-11,13,18H,3,12,14,19H2. The molecular formula is C18H19NO. The van der Waals surface area contributed by atoms with Gasteiger partial charge >= 0.3 is 0 Å². The van der Waals surface area contributed by atoms with Crippen LogP contribution in [0, 0.1) is 12.3 Å². The number of nitrogens with two attached hydrogens (primary N) is 1. The first-order chi connectivity index (χ1) is 9.79. The molecule has 0 aliphatic carbocycles. The van der Waals surface area contributed by atoms with E-state index in [1.807, 2.05) is 54.6 Å². The van der Waals surface area contributed by atoms with Crippen LogP contribution >= 0.6 is 0 Å². The van der Waals surface area contributed by atoms with E-state index in [0.29, 0.717) is 13.0 Å². The number of hydrogen-bond acceptors (Lipinski definition) is 2. The quantitative estimate of drug-likeness (QED) is 0.809. The van der Waals surface area contributed by atoms with E-state index in [2.05, 4.69) is 5.92 Å². The van der Waals surface area contributed by atoms with Crippen LogP contribution in [0.1, 0.15) is 30.0 Å². The number of rotatable bonds is 6. The molecule has 1 atom stereocenters. The maximum absolute atomic E-state index is 6.11. The minimum absolute atomic E-state index is 0.0358. The third-order valence-electron chi connectivity index (χ3n) is 3.13. The summed E-state index contributed by atoms with van der Waals surface area (Å²) in [6.45, 7) is 0.559. The molecule has 2 aromatic carbocycles. The molecule has 0 radical (unpaired) electrons. The SMILES string of the molecule is C#CCCC(N)c1cccc(OCc2ccccc2)c1. The maximum atomic E-state index is 6.11. The third-order valence-corrected chi connectivity index (χ3v) is 3.13. The van der Waals surface area contributed by atoms with Crippen LogP contribution in [0.3, 0.4) is 0 Å². The zero-order valence-electron chi connectivity index (χ0n) is 11.5. The fraction of sp³-hybridized carbons (Fsp3) is 0.222. The number of terminal acetylenes is 1. The molecule has 0 aromatic heterocycles. The summed E-state index contributed by atoms with van der Waals surface area (Å²) in [6, 6.07) is 18.0. The van der Waals surface area contributed by atoms with Gasteiger partial charge in [-0.05, 0) is 29.7 Å². The molecule has 0 aliphatic rings. The summed E-state index contributed by atoms with van der Waals surface area (Å²) in [4.78, 5) is 0. The summed E-state index contributed by atoms with van der Waals surface area (Å²) < 4.78 is 5.79. The third kappa shape index (κ3) is 4.15. The van der Waals surface area contributed by atoms with Gasteiger partial charge in [-0.3, -0.25) is 0 Å². The fourth-order valence-electron chi connectivity index (χ4n) is 1.98. The predicted octanol–water partition coefficient (Wildman–Crippen LogP) is 3.68. The van der Waals surface area contributed by atoms with E-state index in [1.165, 1.54) is 0 Å². The van der Waals surface area contributed by atoms with E-state index in [1.54, 1.807) is 0 Å². The van der Waals surface area contributed by atoms with Crippen LogP contribution in [-0.4, -0.2) is 0 Å². The lowest BCUT2D eigenvalue weighted by Gasteiger charge is -2.12. The first kappa shape index (κ1) is 14.2. The zero-order chi connectivity index (χ0) is 14.2. The summed E-state index contributed by atoms with van der Waals surface area (Å²) in [6.07, 6.45) is 6.75. The Morgan fingerprint density at radius 1 is 1.10 bits per heavy atom. The Balaban J connectivity index is 1.97. The summed E-state index contributed by atoms with van der Waals surface area (Å²) >= 11 is 0. The number of benzene rings is 2. The Labute approximate surface area is 120 Å². The first-order valence-corrected chi connectivity index (χ1v) is 6.75. The molecule has 0 aliphatic heterocycles. The molecule has 2 rings (SSSR count). The van der Waals surface area contributed by atoms with E-state index < -0.39 is 0 Å². The van der Waals surface area contributed by atoms with Crippen LogP contribution in [-0.2, 0) is 6.61 Å². The van der Waals surface area contributed by atoms with Crippen molar-refractivity contribution in [3.63, 3.8) is 0 Å². The molecule has 0 fully saturated rings. The molecule has 0 saturated heterocycles. The van der Waals surface area contributed by atoms with E-state index in [-0.39, 0.29) is 6.04 Å². The molecule has 0 bridgehead atoms. The van der Waals surface area contributed by atoms with Crippen LogP contribution in [0.4, 0.5) is 0 Å². The van der Waals surface area contributed by atoms with Crippen molar-refractivity contribution in [2.24, 2.45) is 5.73 Å². The Morgan fingerprint density at radius 2 is 1.90 bits per heavy atom. The highest BCUT2D eigenvalue weighted by molar-refractivity contribution is 5.31. The lowest BCUT2D eigenvalue weighted by molar-refractivity contribution is 0.305. The highest BCUT2D eigenvalue weighted by Crippen LogP contribution is 2.21. The Morgan fingerprint density at radius 3 is 2.65 bits per heavy atom. The van der Waals surface area contributed by atoms with Crippen LogP contribution in [0.25, 0.3) is 0 Å². The minimum Gasteiger partial charge on any atom is -0.489 e. The molecule has 2 heteroatoms. The average Bonchev–Trinajstić information content (AvgIpc) is 2.52. The van der Waals surface area contributed by atoms with E-state index in [0.717, 1.165) is 23.3 Å². The van der Waals surface area contributed by atoms with E-state index in [4.69, 9.17) is 16.9 Å². The van der Waals surface area contributed by atoms with Crippen molar-refractivity contribution in [2.45, 2.75) is 25.5 Å². The van der Waals surface area contributed by atoms with Gasteiger partial charge in [-0.1, -0.05) is 42.5 Å². The van der Waals surface area contributed by atoms with Crippen molar-refractivity contribution >= 4 is 0 Å². The Hall–Kier alpha value is -2.24. The van der Waals surface area contributed by atoms with Crippen LogP contribution < -0.4 is 10.5 Å². The van der Waals surface area contributed by atoms with E-state index in [9.17, 15) is 0 Å². The molecule has 2 nitrogen and oxygen atoms in total. The van der Waals surface area contributed by atoms with Crippen molar-refractivity contribution in [2.75, 3.05) is 0 Å². The van der Waals surface area contributed by atoms with Crippen molar-refractivity contribution in [1.82, 2.24) is 0 Å². The van der Waals surface area contributed by atoms with Crippen LogP contribution in [0.5, 0.6) is 5.75 Å². The Kier molecular flexibility index (Phi) is 5.23. The molecule has 0 heterocycles. The van der Waals surface area contributed by atoms with Crippen molar-refractivity contribution in [1.29, 1.82) is 0 Å². The van der Waals surface area contributed by atoms with Gasteiger partial charge in [0.15, 0.2) is 0 Å².